The van der Waals surface area contributed by atoms with Crippen LogP contribution in [0.2, 0.25) is 0 Å². The van der Waals surface area contributed by atoms with Crippen LogP contribution < -0.4 is 0 Å². The molecular formula is C26H41NO7. The summed E-state index contributed by atoms with van der Waals surface area (Å²) in [4.78, 5) is 2.61. The Labute approximate surface area is 202 Å². The molecule has 0 amide bonds. The van der Waals surface area contributed by atoms with E-state index in [9.17, 15) is 5.11 Å². The molecule has 5 saturated carbocycles. The van der Waals surface area contributed by atoms with Gasteiger partial charge in [0.05, 0.1) is 37.1 Å². The molecule has 0 radical (unpaired) electrons. The van der Waals surface area contributed by atoms with Gasteiger partial charge in [-0.2, -0.15) is 0 Å². The molecule has 2 heterocycles. The maximum atomic E-state index is 12.6. The van der Waals surface area contributed by atoms with E-state index in [0.29, 0.717) is 18.4 Å². The van der Waals surface area contributed by atoms with Gasteiger partial charge in [0.1, 0.15) is 18.0 Å². The second-order valence-corrected chi connectivity index (χ2v) is 12.2. The predicted octanol–water partition coefficient (Wildman–Crippen LogP) is 1.29. The number of hydrogen-bond acceptors (Lipinski definition) is 8. The summed E-state index contributed by atoms with van der Waals surface area (Å²) in [7, 11) is 7.32. The van der Waals surface area contributed by atoms with Crippen LogP contribution in [0.3, 0.4) is 0 Å². The molecule has 8 nitrogen and oxygen atoms in total. The lowest BCUT2D eigenvalue weighted by molar-refractivity contribution is -0.287. The van der Waals surface area contributed by atoms with Crippen molar-refractivity contribution in [3.8, 4) is 0 Å². The van der Waals surface area contributed by atoms with E-state index in [-0.39, 0.29) is 53.8 Å². The lowest BCUT2D eigenvalue weighted by atomic mass is 9.42. The van der Waals surface area contributed by atoms with E-state index in [1.165, 1.54) is 0 Å². The Hall–Kier alpha value is -0.320. The third kappa shape index (κ3) is 2.05. The van der Waals surface area contributed by atoms with E-state index >= 15 is 0 Å². The Bertz CT molecular complexity index is 859. The Balaban J connectivity index is 1.55. The number of methoxy groups -OCH3 is 4. The number of likely N-dealkylation sites (N-methyl/N-ethyl adjacent to an activating group) is 1. The van der Waals surface area contributed by atoms with Gasteiger partial charge in [0.2, 0.25) is 0 Å². The van der Waals surface area contributed by atoms with Crippen LogP contribution in [0.25, 0.3) is 0 Å². The molecule has 7 bridgehead atoms. The zero-order chi connectivity index (χ0) is 23.7. The quantitative estimate of drug-likeness (QED) is 0.611. The number of aliphatic hydroxyl groups excluding tert-OH is 1. The molecule has 2 aliphatic heterocycles. The maximum Gasteiger partial charge on any atom is 0.148 e. The lowest BCUT2D eigenvalue weighted by Crippen LogP contribution is -2.81. The lowest BCUT2D eigenvalue weighted by Gasteiger charge is -2.70. The van der Waals surface area contributed by atoms with Crippen molar-refractivity contribution in [2.45, 2.75) is 74.3 Å². The summed E-state index contributed by atoms with van der Waals surface area (Å²) in [6, 6.07) is 0.0378. The second-order valence-electron chi connectivity index (χ2n) is 12.2. The van der Waals surface area contributed by atoms with Gasteiger partial charge in [-0.1, -0.05) is 6.92 Å². The topological polar surface area (TPSA) is 78.9 Å². The van der Waals surface area contributed by atoms with Crippen LogP contribution in [-0.4, -0.2) is 107 Å². The van der Waals surface area contributed by atoms with Crippen LogP contribution >= 0.6 is 0 Å². The molecule has 192 valence electrons. The molecule has 0 aromatic rings. The normalized spacial score (nSPS) is 61.1. The fraction of sp³-hybridized carbons (Fsp3) is 1.00. The minimum absolute atomic E-state index is 0.0240. The van der Waals surface area contributed by atoms with E-state index < -0.39 is 17.3 Å². The smallest absolute Gasteiger partial charge is 0.148 e. The number of aliphatic hydroxyl groups is 1. The van der Waals surface area contributed by atoms with Crippen LogP contribution in [-0.2, 0) is 28.4 Å². The molecule has 1 N–H and O–H groups in total. The van der Waals surface area contributed by atoms with Gasteiger partial charge in [-0.3, -0.25) is 4.90 Å². The number of likely N-dealkylation sites (tertiary alicyclic amines) is 1. The van der Waals surface area contributed by atoms with E-state index in [0.717, 1.165) is 38.8 Å². The summed E-state index contributed by atoms with van der Waals surface area (Å²) in [6.45, 7) is 4.93. The Morgan fingerprint density at radius 2 is 1.91 bits per heavy atom. The summed E-state index contributed by atoms with van der Waals surface area (Å²) in [5.41, 5.74) is -1.83. The first-order chi connectivity index (χ1) is 16.5. The van der Waals surface area contributed by atoms with E-state index in [4.69, 9.17) is 28.4 Å². The summed E-state index contributed by atoms with van der Waals surface area (Å²) in [6.07, 6.45) is 3.20. The van der Waals surface area contributed by atoms with E-state index in [1.807, 2.05) is 21.3 Å². The standard InChI is InChI=1S/C26H41NO7/c1-6-27-11-23(12-29-2)8-7-17(31-4)25-15-9-14-16(30-3)10-24(18(15)19(14)32-5)26(22(25)27,34-13-33-24)21(28)20(23)25/h14-22,28H,6-13H2,1-5H3/t14-,15+,16-,17-,18+,19-,20+,21-,22?,23-,24+,25-,26-/m0/s1. The highest BCUT2D eigenvalue weighted by Crippen LogP contribution is 2.82. The number of ether oxygens (including phenoxy) is 6. The van der Waals surface area contributed by atoms with Crippen LogP contribution in [0.4, 0.5) is 0 Å². The Morgan fingerprint density at radius 3 is 2.59 bits per heavy atom. The summed E-state index contributed by atoms with van der Waals surface area (Å²) >= 11 is 0. The summed E-state index contributed by atoms with van der Waals surface area (Å²) < 4.78 is 38.3. The first kappa shape index (κ1) is 22.8. The third-order valence-corrected chi connectivity index (χ3v) is 12.0. The maximum absolute atomic E-state index is 12.6. The Kier molecular flexibility index (Phi) is 4.81. The monoisotopic (exact) mass is 479 g/mol. The van der Waals surface area contributed by atoms with Gasteiger partial charge in [0.25, 0.3) is 0 Å². The van der Waals surface area contributed by atoms with Crippen LogP contribution in [0.5, 0.6) is 0 Å². The van der Waals surface area contributed by atoms with Crippen molar-refractivity contribution in [1.82, 2.24) is 4.90 Å². The highest BCUT2D eigenvalue weighted by Gasteiger charge is 2.93. The van der Waals surface area contributed by atoms with Gasteiger partial charge < -0.3 is 33.5 Å². The molecule has 0 aromatic heterocycles. The fourth-order valence-electron chi connectivity index (χ4n) is 11.7. The Morgan fingerprint density at radius 1 is 1.09 bits per heavy atom. The fourth-order valence-corrected chi connectivity index (χ4v) is 11.7. The molecule has 1 unspecified atom stereocenters. The molecule has 34 heavy (non-hydrogen) atoms. The molecule has 13 atom stereocenters. The van der Waals surface area contributed by atoms with Crippen molar-refractivity contribution < 1.29 is 33.5 Å². The molecule has 7 aliphatic rings. The molecule has 8 heteroatoms. The molecule has 0 aromatic carbocycles. The molecule has 7 fully saturated rings. The largest absolute Gasteiger partial charge is 0.390 e. The van der Waals surface area contributed by atoms with Crippen molar-refractivity contribution in [3.05, 3.63) is 0 Å². The number of rotatable bonds is 6. The highest BCUT2D eigenvalue weighted by atomic mass is 16.7. The van der Waals surface area contributed by atoms with Gasteiger partial charge in [-0.05, 0) is 31.7 Å². The third-order valence-electron chi connectivity index (χ3n) is 12.0. The average Bonchev–Trinajstić information content (AvgIpc) is 3.42. The average molecular weight is 480 g/mol. The van der Waals surface area contributed by atoms with Crippen LogP contribution in [0.1, 0.15) is 32.6 Å². The minimum atomic E-state index is -0.825. The molecule has 7 rings (SSSR count). The van der Waals surface area contributed by atoms with Crippen molar-refractivity contribution in [1.29, 1.82) is 0 Å². The van der Waals surface area contributed by atoms with Gasteiger partial charge in [0, 0.05) is 70.0 Å². The van der Waals surface area contributed by atoms with Crippen molar-refractivity contribution in [2.75, 3.05) is 54.9 Å². The second kappa shape index (κ2) is 7.16. The SMILES string of the molecule is CCN1C[C@]2(COC)CC[C@H](OC)[C@@]34C1[C@@]1(OCO[C@@]15C[C@H](OC)[C@@H]1C[C@@H]3[C@@H]5[C@H]1OC)[C@@H](O)[C@H]24. The summed E-state index contributed by atoms with van der Waals surface area (Å²) in [5.74, 6) is 0.813. The highest BCUT2D eigenvalue weighted by molar-refractivity contribution is 5.42. The van der Waals surface area contributed by atoms with Crippen molar-refractivity contribution in [3.63, 3.8) is 0 Å². The number of piperidine rings is 1. The molecular weight excluding hydrogens is 438 g/mol. The van der Waals surface area contributed by atoms with Crippen LogP contribution in [0.15, 0.2) is 0 Å². The molecule has 5 aliphatic carbocycles. The predicted molar refractivity (Wildman–Crippen MR) is 121 cm³/mol. The zero-order valence-electron chi connectivity index (χ0n) is 21.2. The minimum Gasteiger partial charge on any atom is -0.390 e. The van der Waals surface area contributed by atoms with Crippen molar-refractivity contribution >= 4 is 0 Å². The number of nitrogens with zero attached hydrogens (tertiary/aromatic N) is 1. The van der Waals surface area contributed by atoms with Gasteiger partial charge in [0.15, 0.2) is 0 Å². The first-order valence-corrected chi connectivity index (χ1v) is 13.2. The molecule has 2 saturated heterocycles. The van der Waals surface area contributed by atoms with Gasteiger partial charge in [-0.25, -0.2) is 0 Å². The van der Waals surface area contributed by atoms with E-state index in [1.54, 1.807) is 7.11 Å². The summed E-state index contributed by atoms with van der Waals surface area (Å²) in [5, 5.41) is 12.6. The zero-order valence-corrected chi connectivity index (χ0v) is 21.2. The molecule has 3 spiro atoms. The van der Waals surface area contributed by atoms with E-state index in [2.05, 4.69) is 11.8 Å². The van der Waals surface area contributed by atoms with Gasteiger partial charge in [-0.15, -0.1) is 0 Å². The number of hydrogen-bond donors (Lipinski definition) is 1. The number of fused-ring (bicyclic) bond motifs is 1. The first-order valence-electron chi connectivity index (χ1n) is 13.2. The van der Waals surface area contributed by atoms with Crippen molar-refractivity contribution in [2.24, 2.45) is 34.5 Å². The van der Waals surface area contributed by atoms with Crippen LogP contribution in [0, 0.1) is 34.5 Å². The van der Waals surface area contributed by atoms with Gasteiger partial charge >= 0.3 is 0 Å².